The van der Waals surface area contributed by atoms with E-state index in [0.717, 1.165) is 44.0 Å². The van der Waals surface area contributed by atoms with Gasteiger partial charge in [0.1, 0.15) is 0 Å². The molecule has 0 spiro atoms. The molecule has 1 unspecified atom stereocenters. The second-order valence-electron chi connectivity index (χ2n) is 6.50. The first-order chi connectivity index (χ1) is 12.4. The lowest BCUT2D eigenvalue weighted by Crippen LogP contribution is -2.38. The molecule has 26 heavy (non-hydrogen) atoms. The molecular formula is C19H34N4O2S. The number of nitrogens with zero attached hydrogens (tertiary/aromatic N) is 1. The summed E-state index contributed by atoms with van der Waals surface area (Å²) in [4.78, 5) is 4.85. The van der Waals surface area contributed by atoms with Crippen LogP contribution in [0.4, 0.5) is 0 Å². The van der Waals surface area contributed by atoms with Crippen molar-refractivity contribution in [1.29, 1.82) is 0 Å². The van der Waals surface area contributed by atoms with E-state index in [1.165, 1.54) is 19.3 Å². The third kappa shape index (κ3) is 8.67. The lowest BCUT2D eigenvalue weighted by Gasteiger charge is -2.15. The fraction of sp³-hybridized carbons (Fsp3) is 0.632. The first-order valence-corrected chi connectivity index (χ1v) is 11.1. The molecule has 0 fully saturated rings. The van der Waals surface area contributed by atoms with Crippen LogP contribution in [0.15, 0.2) is 34.2 Å². The number of unbranched alkanes of at least 4 members (excludes halogenated alkanes) is 1. The first kappa shape index (κ1) is 22.4. The van der Waals surface area contributed by atoms with Gasteiger partial charge >= 0.3 is 0 Å². The van der Waals surface area contributed by atoms with Crippen molar-refractivity contribution in [2.45, 2.75) is 57.8 Å². The smallest absolute Gasteiger partial charge is 0.238 e. The quantitative estimate of drug-likeness (QED) is 0.405. The van der Waals surface area contributed by atoms with Crippen LogP contribution in [0, 0.1) is 5.92 Å². The van der Waals surface area contributed by atoms with Crippen LogP contribution in [0.1, 0.15) is 52.0 Å². The van der Waals surface area contributed by atoms with E-state index in [1.54, 1.807) is 24.3 Å². The molecule has 4 N–H and O–H groups in total. The molecule has 0 radical (unpaired) electrons. The predicted molar refractivity (Wildman–Crippen MR) is 109 cm³/mol. The summed E-state index contributed by atoms with van der Waals surface area (Å²) in [6, 6.07) is 6.68. The second-order valence-corrected chi connectivity index (χ2v) is 8.06. The minimum absolute atomic E-state index is 0.141. The standard InChI is InChI=1S/C19H34N4O2S/c1-4-7-8-16(5-2)15-23-19(21-6-3)22-14-13-17-9-11-18(12-10-17)26(20,24)25/h9-12,16H,4-8,13-15H2,1-3H3,(H2,20,24,25)(H2,21,22,23). The van der Waals surface area contributed by atoms with Crippen LogP contribution in [0.25, 0.3) is 0 Å². The molecule has 1 atom stereocenters. The fourth-order valence-electron chi connectivity index (χ4n) is 2.65. The zero-order valence-corrected chi connectivity index (χ0v) is 17.1. The first-order valence-electron chi connectivity index (χ1n) is 9.54. The molecule has 0 saturated carbocycles. The molecule has 0 heterocycles. The van der Waals surface area contributed by atoms with E-state index in [-0.39, 0.29) is 4.90 Å². The molecule has 1 aromatic rings. The van der Waals surface area contributed by atoms with Crippen LogP contribution in [-0.4, -0.2) is 34.0 Å². The normalized spacial score (nSPS) is 13.5. The zero-order valence-electron chi connectivity index (χ0n) is 16.3. The Morgan fingerprint density at radius 2 is 1.85 bits per heavy atom. The molecule has 0 amide bonds. The number of sulfonamides is 1. The SMILES string of the molecule is CCCCC(CC)CN=C(NCC)NCCc1ccc(S(N)(=O)=O)cc1. The zero-order chi connectivity index (χ0) is 19.4. The maximum atomic E-state index is 11.3. The largest absolute Gasteiger partial charge is 0.357 e. The summed E-state index contributed by atoms with van der Waals surface area (Å²) in [6.07, 6.45) is 5.64. The lowest BCUT2D eigenvalue weighted by atomic mass is 10.00. The number of hydrogen-bond acceptors (Lipinski definition) is 3. The maximum absolute atomic E-state index is 11.3. The van der Waals surface area contributed by atoms with Gasteiger partial charge in [0, 0.05) is 19.6 Å². The number of hydrogen-bond donors (Lipinski definition) is 3. The van der Waals surface area contributed by atoms with Crippen molar-refractivity contribution >= 4 is 16.0 Å². The minimum Gasteiger partial charge on any atom is -0.357 e. The van der Waals surface area contributed by atoms with E-state index in [4.69, 9.17) is 10.1 Å². The Bertz CT molecular complexity index is 642. The average molecular weight is 383 g/mol. The van der Waals surface area contributed by atoms with Gasteiger partial charge < -0.3 is 10.6 Å². The predicted octanol–water partition coefficient (Wildman–Crippen LogP) is 2.65. The molecule has 0 aromatic heterocycles. The van der Waals surface area contributed by atoms with Crippen LogP contribution in [0.5, 0.6) is 0 Å². The van der Waals surface area contributed by atoms with Gasteiger partial charge in [0.25, 0.3) is 0 Å². The van der Waals surface area contributed by atoms with Crippen molar-refractivity contribution in [3.63, 3.8) is 0 Å². The molecule has 0 aliphatic rings. The number of guanidine groups is 1. The van der Waals surface area contributed by atoms with E-state index < -0.39 is 10.0 Å². The van der Waals surface area contributed by atoms with Gasteiger partial charge in [0.05, 0.1) is 4.90 Å². The minimum atomic E-state index is -3.63. The fourth-order valence-corrected chi connectivity index (χ4v) is 3.17. The Balaban J connectivity index is 2.53. The summed E-state index contributed by atoms with van der Waals surface area (Å²) < 4.78 is 22.6. The van der Waals surface area contributed by atoms with Crippen LogP contribution in [0.3, 0.4) is 0 Å². The number of nitrogens with two attached hydrogens (primary N) is 1. The van der Waals surface area contributed by atoms with E-state index in [2.05, 4.69) is 31.4 Å². The summed E-state index contributed by atoms with van der Waals surface area (Å²) in [5, 5.41) is 11.7. The molecule has 1 aromatic carbocycles. The number of rotatable bonds is 11. The Hall–Kier alpha value is -1.60. The molecule has 6 nitrogen and oxygen atoms in total. The second kappa shape index (κ2) is 11.9. The molecule has 1 rings (SSSR count). The summed E-state index contributed by atoms with van der Waals surface area (Å²) >= 11 is 0. The molecule has 7 heteroatoms. The highest BCUT2D eigenvalue weighted by molar-refractivity contribution is 7.89. The molecule has 0 aliphatic heterocycles. The molecular weight excluding hydrogens is 348 g/mol. The number of primary sulfonamides is 1. The third-order valence-corrected chi connectivity index (χ3v) is 5.28. The van der Waals surface area contributed by atoms with Gasteiger partial charge in [-0.1, -0.05) is 45.2 Å². The van der Waals surface area contributed by atoms with Crippen LogP contribution < -0.4 is 15.8 Å². The van der Waals surface area contributed by atoms with Gasteiger partial charge in [-0.15, -0.1) is 0 Å². The highest BCUT2D eigenvalue weighted by Crippen LogP contribution is 2.12. The van der Waals surface area contributed by atoms with Gasteiger partial charge in [-0.3, -0.25) is 4.99 Å². The Morgan fingerprint density at radius 1 is 1.15 bits per heavy atom. The van der Waals surface area contributed by atoms with E-state index >= 15 is 0 Å². The van der Waals surface area contributed by atoms with Crippen LogP contribution in [-0.2, 0) is 16.4 Å². The maximum Gasteiger partial charge on any atom is 0.238 e. The summed E-state index contributed by atoms with van der Waals surface area (Å²) in [5.41, 5.74) is 1.05. The third-order valence-electron chi connectivity index (χ3n) is 4.35. The van der Waals surface area contributed by atoms with E-state index in [0.29, 0.717) is 5.92 Å². The number of aliphatic imine (C=N–C) groups is 1. The highest BCUT2D eigenvalue weighted by Gasteiger charge is 2.07. The van der Waals surface area contributed by atoms with Crippen molar-refractivity contribution in [1.82, 2.24) is 10.6 Å². The van der Waals surface area contributed by atoms with Gasteiger partial charge in [-0.2, -0.15) is 0 Å². The van der Waals surface area contributed by atoms with Crippen molar-refractivity contribution in [2.24, 2.45) is 16.0 Å². The Kier molecular flexibility index (Phi) is 10.3. The van der Waals surface area contributed by atoms with Gasteiger partial charge in [-0.25, -0.2) is 13.6 Å². The van der Waals surface area contributed by atoms with E-state index in [9.17, 15) is 8.42 Å². The average Bonchev–Trinajstić information content (AvgIpc) is 2.61. The number of benzene rings is 1. The van der Waals surface area contributed by atoms with Crippen molar-refractivity contribution in [3.05, 3.63) is 29.8 Å². The van der Waals surface area contributed by atoms with E-state index in [1.807, 2.05) is 0 Å². The van der Waals surface area contributed by atoms with Crippen LogP contribution >= 0.6 is 0 Å². The topological polar surface area (TPSA) is 96.6 Å². The van der Waals surface area contributed by atoms with Crippen molar-refractivity contribution in [3.8, 4) is 0 Å². The summed E-state index contributed by atoms with van der Waals surface area (Å²) in [6.45, 7) is 8.89. The molecule has 0 aliphatic carbocycles. The van der Waals surface area contributed by atoms with Gasteiger partial charge in [-0.05, 0) is 43.4 Å². The number of nitrogens with one attached hydrogen (secondary N) is 2. The van der Waals surface area contributed by atoms with Crippen molar-refractivity contribution < 1.29 is 8.42 Å². The monoisotopic (exact) mass is 382 g/mol. The Morgan fingerprint density at radius 3 is 2.38 bits per heavy atom. The lowest BCUT2D eigenvalue weighted by molar-refractivity contribution is 0.461. The molecule has 0 bridgehead atoms. The summed E-state index contributed by atoms with van der Waals surface area (Å²) in [7, 11) is -3.63. The van der Waals surface area contributed by atoms with Gasteiger partial charge in [0.2, 0.25) is 10.0 Å². The van der Waals surface area contributed by atoms with Crippen LogP contribution in [0.2, 0.25) is 0 Å². The summed E-state index contributed by atoms with van der Waals surface area (Å²) in [5.74, 6) is 1.47. The highest BCUT2D eigenvalue weighted by atomic mass is 32.2. The molecule has 0 saturated heterocycles. The van der Waals surface area contributed by atoms with Crippen molar-refractivity contribution in [2.75, 3.05) is 19.6 Å². The Labute approximate surface area is 158 Å². The molecule has 148 valence electrons. The van der Waals surface area contributed by atoms with Gasteiger partial charge in [0.15, 0.2) is 5.96 Å².